The van der Waals surface area contributed by atoms with Crippen LogP contribution in [0.2, 0.25) is 0 Å². The molecule has 0 fully saturated rings. The lowest BCUT2D eigenvalue weighted by molar-refractivity contribution is 0.659. The molecule has 0 bridgehead atoms. The molecule has 25 heavy (non-hydrogen) atoms. The minimum absolute atomic E-state index is 0.0348. The molecule has 0 spiro atoms. The summed E-state index contributed by atoms with van der Waals surface area (Å²) in [6.45, 7) is 4.15. The highest BCUT2D eigenvalue weighted by Crippen LogP contribution is 2.26. The van der Waals surface area contributed by atoms with Crippen molar-refractivity contribution in [2.45, 2.75) is 61.3 Å². The van der Waals surface area contributed by atoms with Crippen LogP contribution in [0.4, 0.5) is 0 Å². The van der Waals surface area contributed by atoms with E-state index in [1.165, 1.54) is 32.1 Å². The van der Waals surface area contributed by atoms with Crippen molar-refractivity contribution in [3.05, 3.63) is 36.7 Å². The van der Waals surface area contributed by atoms with E-state index in [4.69, 9.17) is 5.26 Å². The van der Waals surface area contributed by atoms with Crippen molar-refractivity contribution in [3.63, 3.8) is 0 Å². The van der Waals surface area contributed by atoms with E-state index in [-0.39, 0.29) is 5.25 Å². The van der Waals surface area contributed by atoms with Crippen LogP contribution in [0, 0.1) is 11.3 Å². The first kappa shape index (κ1) is 19.8. The van der Waals surface area contributed by atoms with Gasteiger partial charge in [-0.3, -0.25) is 0 Å². The molecular formula is C20H25N3S2. The summed E-state index contributed by atoms with van der Waals surface area (Å²) in [5.41, 5.74) is 2.13. The molecule has 1 aromatic carbocycles. The standard InChI is InChI=1S/C20H25N3S2/c1-3-4-5-6-7-12-24-20-22-14-18(15-23-20)17-8-10-19(11-9-17)25-16(2)13-21/h8-11,14-16H,3-7,12H2,1-2H3/t16-/m1/s1. The molecular weight excluding hydrogens is 346 g/mol. The number of hydrogen-bond donors (Lipinski definition) is 0. The smallest absolute Gasteiger partial charge is 0.187 e. The van der Waals surface area contributed by atoms with Gasteiger partial charge in [-0.05, 0) is 31.0 Å². The van der Waals surface area contributed by atoms with E-state index in [0.717, 1.165) is 26.9 Å². The van der Waals surface area contributed by atoms with Crippen LogP contribution in [-0.4, -0.2) is 21.0 Å². The third-order valence-electron chi connectivity index (χ3n) is 3.79. The molecule has 1 atom stereocenters. The molecule has 2 rings (SSSR count). The third-order valence-corrected chi connectivity index (χ3v) is 5.75. The van der Waals surface area contributed by atoms with Gasteiger partial charge < -0.3 is 0 Å². The van der Waals surface area contributed by atoms with E-state index in [1.54, 1.807) is 23.5 Å². The Hall–Kier alpha value is -1.51. The van der Waals surface area contributed by atoms with Crippen LogP contribution in [0.5, 0.6) is 0 Å². The summed E-state index contributed by atoms with van der Waals surface area (Å²) in [4.78, 5) is 10.1. The fourth-order valence-corrected chi connectivity index (χ4v) is 3.90. The maximum Gasteiger partial charge on any atom is 0.187 e. The number of rotatable bonds is 10. The maximum atomic E-state index is 8.88. The van der Waals surface area contributed by atoms with Gasteiger partial charge in [0.05, 0.1) is 11.3 Å². The lowest BCUT2D eigenvalue weighted by atomic mass is 10.1. The van der Waals surface area contributed by atoms with Crippen molar-refractivity contribution in [2.75, 3.05) is 5.75 Å². The lowest BCUT2D eigenvalue weighted by Crippen LogP contribution is -1.91. The van der Waals surface area contributed by atoms with Gasteiger partial charge in [-0.1, -0.05) is 56.5 Å². The quantitative estimate of drug-likeness (QED) is 0.282. The highest BCUT2D eigenvalue weighted by Gasteiger charge is 2.05. The van der Waals surface area contributed by atoms with Gasteiger partial charge in [-0.2, -0.15) is 5.26 Å². The predicted molar refractivity (Wildman–Crippen MR) is 108 cm³/mol. The zero-order valence-corrected chi connectivity index (χ0v) is 16.6. The number of thioether (sulfide) groups is 2. The zero-order chi connectivity index (χ0) is 17.9. The van der Waals surface area contributed by atoms with Crippen LogP contribution in [0.15, 0.2) is 46.7 Å². The molecule has 0 aliphatic carbocycles. The Morgan fingerprint density at radius 2 is 1.68 bits per heavy atom. The van der Waals surface area contributed by atoms with E-state index in [2.05, 4.69) is 35.1 Å². The summed E-state index contributed by atoms with van der Waals surface area (Å²) in [6.07, 6.45) is 10.3. The molecule has 0 radical (unpaired) electrons. The largest absolute Gasteiger partial charge is 0.230 e. The molecule has 3 nitrogen and oxygen atoms in total. The highest BCUT2D eigenvalue weighted by molar-refractivity contribution is 8.00. The Bertz CT molecular complexity index is 663. The van der Waals surface area contributed by atoms with Gasteiger partial charge in [0, 0.05) is 28.6 Å². The SMILES string of the molecule is CCCCCCCSc1ncc(-c2ccc(S[C@H](C)C#N)cc2)cn1. The minimum atomic E-state index is -0.0348. The van der Waals surface area contributed by atoms with Gasteiger partial charge in [0.2, 0.25) is 0 Å². The topological polar surface area (TPSA) is 49.6 Å². The summed E-state index contributed by atoms with van der Waals surface area (Å²) in [7, 11) is 0. The van der Waals surface area contributed by atoms with Gasteiger partial charge in [0.25, 0.3) is 0 Å². The molecule has 0 aliphatic rings. The molecule has 0 N–H and O–H groups in total. The van der Waals surface area contributed by atoms with E-state index in [9.17, 15) is 0 Å². The number of unbranched alkanes of at least 4 members (excludes halogenated alkanes) is 4. The Labute approximate surface area is 159 Å². The van der Waals surface area contributed by atoms with Crippen LogP contribution in [0.3, 0.4) is 0 Å². The van der Waals surface area contributed by atoms with E-state index < -0.39 is 0 Å². The molecule has 0 aliphatic heterocycles. The normalized spacial score (nSPS) is 11.9. The molecule has 1 heterocycles. The monoisotopic (exact) mass is 371 g/mol. The summed E-state index contributed by atoms with van der Waals surface area (Å²) >= 11 is 3.31. The first-order valence-corrected chi connectivity index (χ1v) is 10.7. The lowest BCUT2D eigenvalue weighted by Gasteiger charge is -2.06. The second-order valence-corrected chi connectivity index (χ2v) is 8.41. The number of hydrogen-bond acceptors (Lipinski definition) is 5. The Kier molecular flexibility index (Phi) is 8.85. The number of benzene rings is 1. The Balaban J connectivity index is 1.84. The van der Waals surface area contributed by atoms with Gasteiger partial charge in [-0.25, -0.2) is 9.97 Å². The molecule has 0 saturated heterocycles. The second-order valence-electron chi connectivity index (χ2n) is 5.93. The van der Waals surface area contributed by atoms with Gasteiger partial charge in [0.1, 0.15) is 0 Å². The van der Waals surface area contributed by atoms with E-state index >= 15 is 0 Å². The van der Waals surface area contributed by atoms with Crippen molar-refractivity contribution in [3.8, 4) is 17.2 Å². The molecule has 1 aromatic heterocycles. The zero-order valence-electron chi connectivity index (χ0n) is 14.9. The third kappa shape index (κ3) is 7.09. The number of aromatic nitrogens is 2. The average Bonchev–Trinajstić information content (AvgIpc) is 2.65. The summed E-state index contributed by atoms with van der Waals surface area (Å²) in [5, 5.41) is 9.70. The fourth-order valence-electron chi connectivity index (χ4n) is 2.37. The Morgan fingerprint density at radius 3 is 2.32 bits per heavy atom. The van der Waals surface area contributed by atoms with Crippen LogP contribution < -0.4 is 0 Å². The van der Waals surface area contributed by atoms with Crippen molar-refractivity contribution >= 4 is 23.5 Å². The number of nitrogens with zero attached hydrogens (tertiary/aromatic N) is 3. The van der Waals surface area contributed by atoms with Crippen LogP contribution in [0.25, 0.3) is 11.1 Å². The van der Waals surface area contributed by atoms with Crippen LogP contribution in [-0.2, 0) is 0 Å². The van der Waals surface area contributed by atoms with Gasteiger partial charge in [-0.15, -0.1) is 11.8 Å². The number of nitriles is 1. The summed E-state index contributed by atoms with van der Waals surface area (Å²) < 4.78 is 0. The first-order chi connectivity index (χ1) is 12.2. The summed E-state index contributed by atoms with van der Waals surface area (Å²) in [5.74, 6) is 1.09. The highest BCUT2D eigenvalue weighted by atomic mass is 32.2. The summed E-state index contributed by atoms with van der Waals surface area (Å²) in [6, 6.07) is 10.5. The maximum absolute atomic E-state index is 8.88. The van der Waals surface area contributed by atoms with Gasteiger partial charge >= 0.3 is 0 Å². The second kappa shape index (κ2) is 11.2. The van der Waals surface area contributed by atoms with Crippen molar-refractivity contribution < 1.29 is 0 Å². The van der Waals surface area contributed by atoms with Crippen LogP contribution >= 0.6 is 23.5 Å². The molecule has 0 saturated carbocycles. The van der Waals surface area contributed by atoms with Crippen LogP contribution in [0.1, 0.15) is 46.0 Å². The average molecular weight is 372 g/mol. The molecule has 2 aromatic rings. The molecule has 0 amide bonds. The van der Waals surface area contributed by atoms with Gasteiger partial charge in [0.15, 0.2) is 5.16 Å². The predicted octanol–water partition coefficient (Wildman–Crippen LogP) is 6.21. The fraction of sp³-hybridized carbons (Fsp3) is 0.450. The molecule has 132 valence electrons. The minimum Gasteiger partial charge on any atom is -0.230 e. The first-order valence-electron chi connectivity index (χ1n) is 8.84. The molecule has 5 heteroatoms. The van der Waals surface area contributed by atoms with E-state index in [1.807, 2.05) is 31.5 Å². The van der Waals surface area contributed by atoms with Crippen molar-refractivity contribution in [2.24, 2.45) is 0 Å². The Morgan fingerprint density at radius 1 is 1.00 bits per heavy atom. The van der Waals surface area contributed by atoms with Crippen molar-refractivity contribution in [1.29, 1.82) is 5.26 Å². The van der Waals surface area contributed by atoms with E-state index in [0.29, 0.717) is 0 Å². The van der Waals surface area contributed by atoms with Crippen molar-refractivity contribution in [1.82, 2.24) is 9.97 Å². The molecule has 0 unspecified atom stereocenters.